The van der Waals surface area contributed by atoms with Crippen molar-refractivity contribution < 1.29 is 32.2 Å². The molecule has 0 aromatic heterocycles. The number of alkyl halides is 3. The van der Waals surface area contributed by atoms with Crippen molar-refractivity contribution in [3.8, 4) is 11.5 Å². The largest absolute Gasteiger partial charge is 0.495 e. The Balaban J connectivity index is 2.38. The average molecular weight is 464 g/mol. The number of nitrogens with zero attached hydrogens (tertiary/aromatic N) is 1. The molecule has 2 rings (SSSR count). The first-order chi connectivity index (χ1) is 14.0. The minimum atomic E-state index is -4.81. The Morgan fingerprint density at radius 3 is 2.23 bits per heavy atom. The lowest BCUT2D eigenvalue weighted by Crippen LogP contribution is -2.29. The molecule has 12 heteroatoms. The maximum atomic E-state index is 13.5. The number of hydrogen-bond donors (Lipinski definition) is 3. The van der Waals surface area contributed by atoms with Crippen LogP contribution in [0.25, 0.3) is 0 Å². The second-order valence-corrected chi connectivity index (χ2v) is 6.65. The monoisotopic (exact) mass is 463 g/mol. The number of carbonyl (C=O) groups excluding carboxylic acids is 2. The highest BCUT2D eigenvalue weighted by atomic mass is 35.5. The van der Waals surface area contributed by atoms with Gasteiger partial charge >= 0.3 is 12.2 Å². The SMILES string of the molecule is COc1cc(OC)c(NC(=O)N(S)c2ccc(NC(C)=O)cc2C(F)(F)F)cc1Cl. The summed E-state index contributed by atoms with van der Waals surface area (Å²) in [5.74, 6) is -0.0922. The molecule has 0 fully saturated rings. The molecular formula is C18H17ClF3N3O4S. The number of rotatable bonds is 5. The summed E-state index contributed by atoms with van der Waals surface area (Å²) in [7, 11) is 2.72. The van der Waals surface area contributed by atoms with Gasteiger partial charge in [0.25, 0.3) is 0 Å². The molecule has 0 radical (unpaired) electrons. The molecule has 0 unspecified atom stereocenters. The second kappa shape index (κ2) is 9.35. The van der Waals surface area contributed by atoms with Crippen LogP contribution in [0.1, 0.15) is 12.5 Å². The van der Waals surface area contributed by atoms with E-state index in [-0.39, 0.29) is 27.9 Å². The van der Waals surface area contributed by atoms with Crippen LogP contribution in [-0.2, 0) is 11.0 Å². The van der Waals surface area contributed by atoms with Gasteiger partial charge in [-0.3, -0.25) is 4.79 Å². The number of ether oxygens (including phenoxy) is 2. The van der Waals surface area contributed by atoms with Crippen LogP contribution in [0.5, 0.6) is 11.5 Å². The quantitative estimate of drug-likeness (QED) is 0.531. The molecule has 0 aliphatic rings. The Labute approximate surface area is 180 Å². The van der Waals surface area contributed by atoms with E-state index in [9.17, 15) is 22.8 Å². The minimum Gasteiger partial charge on any atom is -0.495 e. The molecule has 2 aromatic rings. The first-order valence-corrected chi connectivity index (χ1v) is 8.96. The molecule has 7 nitrogen and oxygen atoms in total. The molecule has 0 saturated carbocycles. The summed E-state index contributed by atoms with van der Waals surface area (Å²) >= 11 is 9.95. The Morgan fingerprint density at radius 2 is 1.70 bits per heavy atom. The molecule has 0 heterocycles. The van der Waals surface area contributed by atoms with Crippen molar-refractivity contribution in [3.05, 3.63) is 40.9 Å². The number of amides is 3. The summed E-state index contributed by atoms with van der Waals surface area (Å²) in [5.41, 5.74) is -1.70. The third kappa shape index (κ3) is 5.42. The van der Waals surface area contributed by atoms with E-state index < -0.39 is 29.4 Å². The van der Waals surface area contributed by atoms with Crippen LogP contribution >= 0.6 is 24.4 Å². The van der Waals surface area contributed by atoms with E-state index in [0.717, 1.165) is 13.0 Å². The van der Waals surface area contributed by atoms with Crippen LogP contribution < -0.4 is 24.4 Å². The highest BCUT2D eigenvalue weighted by molar-refractivity contribution is 7.82. The molecular weight excluding hydrogens is 447 g/mol. The van der Waals surface area contributed by atoms with Gasteiger partial charge in [-0.15, -0.1) is 0 Å². The zero-order chi connectivity index (χ0) is 22.6. The number of anilines is 3. The Morgan fingerprint density at radius 1 is 1.07 bits per heavy atom. The van der Waals surface area contributed by atoms with Gasteiger partial charge in [0.2, 0.25) is 5.91 Å². The maximum absolute atomic E-state index is 13.5. The zero-order valence-corrected chi connectivity index (χ0v) is 17.6. The fraction of sp³-hybridized carbons (Fsp3) is 0.222. The summed E-state index contributed by atoms with van der Waals surface area (Å²) in [4.78, 5) is 23.7. The summed E-state index contributed by atoms with van der Waals surface area (Å²) in [6.45, 7) is 1.16. The van der Waals surface area contributed by atoms with Gasteiger partial charge in [0.05, 0.1) is 36.2 Å². The maximum Gasteiger partial charge on any atom is 0.418 e. The van der Waals surface area contributed by atoms with Crippen LogP contribution in [0.2, 0.25) is 5.02 Å². The molecule has 0 bridgehead atoms. The molecule has 0 spiro atoms. The lowest BCUT2D eigenvalue weighted by Gasteiger charge is -2.22. The lowest BCUT2D eigenvalue weighted by molar-refractivity contribution is -0.137. The van der Waals surface area contributed by atoms with Crippen molar-refractivity contribution in [3.63, 3.8) is 0 Å². The van der Waals surface area contributed by atoms with Gasteiger partial charge in [-0.2, -0.15) is 13.2 Å². The first-order valence-electron chi connectivity index (χ1n) is 8.18. The van der Waals surface area contributed by atoms with Crippen LogP contribution in [-0.4, -0.2) is 26.2 Å². The average Bonchev–Trinajstić information content (AvgIpc) is 2.66. The molecule has 2 N–H and O–H groups in total. The molecule has 0 aliphatic carbocycles. The van der Waals surface area contributed by atoms with E-state index in [0.29, 0.717) is 10.4 Å². The van der Waals surface area contributed by atoms with Crippen LogP contribution in [0.3, 0.4) is 0 Å². The van der Waals surface area contributed by atoms with Gasteiger partial charge in [-0.1, -0.05) is 24.4 Å². The summed E-state index contributed by atoms with van der Waals surface area (Å²) in [6, 6.07) is 4.66. The molecule has 0 saturated heterocycles. The number of hydrogen-bond acceptors (Lipinski definition) is 5. The van der Waals surface area contributed by atoms with Gasteiger partial charge in [-0.25, -0.2) is 9.10 Å². The van der Waals surface area contributed by atoms with Gasteiger partial charge in [0.1, 0.15) is 11.5 Å². The third-order valence-electron chi connectivity index (χ3n) is 3.76. The van der Waals surface area contributed by atoms with Gasteiger partial charge < -0.3 is 20.1 Å². The third-order valence-corrected chi connectivity index (χ3v) is 4.45. The molecule has 2 aromatic carbocycles. The van der Waals surface area contributed by atoms with Crippen molar-refractivity contribution >= 4 is 53.4 Å². The van der Waals surface area contributed by atoms with Gasteiger partial charge in [0.15, 0.2) is 0 Å². The van der Waals surface area contributed by atoms with Crippen molar-refractivity contribution in [2.45, 2.75) is 13.1 Å². The van der Waals surface area contributed by atoms with Crippen molar-refractivity contribution in [1.29, 1.82) is 0 Å². The zero-order valence-electron chi connectivity index (χ0n) is 15.9. The number of nitrogens with one attached hydrogen (secondary N) is 2. The van der Waals surface area contributed by atoms with Crippen LogP contribution in [0.15, 0.2) is 30.3 Å². The Bertz CT molecular complexity index is 972. The molecule has 0 aliphatic heterocycles. The van der Waals surface area contributed by atoms with E-state index >= 15 is 0 Å². The number of halogens is 4. The van der Waals surface area contributed by atoms with Crippen molar-refractivity contribution in [1.82, 2.24) is 0 Å². The fourth-order valence-electron chi connectivity index (χ4n) is 2.46. The van der Waals surface area contributed by atoms with Crippen LogP contribution in [0.4, 0.5) is 35.0 Å². The van der Waals surface area contributed by atoms with E-state index in [1.54, 1.807) is 0 Å². The second-order valence-electron chi connectivity index (χ2n) is 5.84. The van der Waals surface area contributed by atoms with Crippen molar-refractivity contribution in [2.24, 2.45) is 0 Å². The highest BCUT2D eigenvalue weighted by Gasteiger charge is 2.36. The van der Waals surface area contributed by atoms with Crippen molar-refractivity contribution in [2.75, 3.05) is 29.2 Å². The number of thiol groups is 1. The first kappa shape index (κ1) is 23.5. The van der Waals surface area contributed by atoms with Gasteiger partial charge in [-0.05, 0) is 24.3 Å². The number of benzene rings is 2. The Kier molecular flexibility index (Phi) is 7.32. The topological polar surface area (TPSA) is 79.9 Å². The highest BCUT2D eigenvalue weighted by Crippen LogP contribution is 2.40. The summed E-state index contributed by atoms with van der Waals surface area (Å²) in [6.07, 6.45) is -4.81. The molecule has 162 valence electrons. The fourth-order valence-corrected chi connectivity index (χ4v) is 2.93. The van der Waals surface area contributed by atoms with Gasteiger partial charge in [0, 0.05) is 18.7 Å². The number of methoxy groups -OCH3 is 2. The smallest absolute Gasteiger partial charge is 0.418 e. The predicted octanol–water partition coefficient (Wildman–Crippen LogP) is 5.22. The normalized spacial score (nSPS) is 10.9. The lowest BCUT2D eigenvalue weighted by atomic mass is 10.1. The van der Waals surface area contributed by atoms with E-state index in [1.807, 2.05) is 0 Å². The molecule has 3 amide bonds. The van der Waals surface area contributed by atoms with E-state index in [2.05, 4.69) is 23.4 Å². The summed E-state index contributed by atoms with van der Waals surface area (Å²) < 4.78 is 51.2. The molecule has 30 heavy (non-hydrogen) atoms. The number of carbonyl (C=O) groups is 2. The minimum absolute atomic E-state index is 0.0793. The van der Waals surface area contributed by atoms with E-state index in [1.165, 1.54) is 32.4 Å². The summed E-state index contributed by atoms with van der Waals surface area (Å²) in [5, 5.41) is 4.79. The molecule has 0 atom stereocenters. The van der Waals surface area contributed by atoms with E-state index in [4.69, 9.17) is 21.1 Å². The van der Waals surface area contributed by atoms with Crippen LogP contribution in [0, 0.1) is 0 Å². The Hall–Kier alpha value is -2.79. The standard InChI is InChI=1S/C18H17ClF3N3O4S/c1-9(26)23-10-4-5-14(11(6-10)18(20,21)22)25(30)17(27)24-13-7-12(19)15(28-2)8-16(13)29-3/h4-8,30H,1-3H3,(H,23,26)(H,24,27). The predicted molar refractivity (Wildman–Crippen MR) is 111 cm³/mol. The number of urea groups is 1.